The normalized spacial score (nSPS) is 17.9. The van der Waals surface area contributed by atoms with E-state index >= 15 is 4.39 Å². The Bertz CT molecular complexity index is 3290. The number of alkyl halides is 3. The molecule has 2 unspecified atom stereocenters. The van der Waals surface area contributed by atoms with Gasteiger partial charge in [-0.15, -0.1) is 16.6 Å². The minimum Gasteiger partial charge on any atom is -0.508 e. The van der Waals surface area contributed by atoms with E-state index in [0.29, 0.717) is 62.9 Å². The zero-order valence-electron chi connectivity index (χ0n) is 43.4. The van der Waals surface area contributed by atoms with E-state index in [0.717, 1.165) is 70.3 Å². The molecule has 2 atom stereocenters. The molecule has 4 saturated heterocycles. The number of nitrogens with zero attached hydrogens (tertiary/aromatic N) is 10. The number of likely N-dealkylation sites (tertiary alicyclic amines) is 1. The first-order chi connectivity index (χ1) is 37.0. The predicted molar refractivity (Wildman–Crippen MR) is 286 cm³/mol. The molecule has 5 N–H and O–H groups in total. The van der Waals surface area contributed by atoms with Gasteiger partial charge in [0.05, 0.1) is 18.1 Å². The summed E-state index contributed by atoms with van der Waals surface area (Å²) in [6.45, 7) is 9.06. The van der Waals surface area contributed by atoms with Crippen LogP contribution in [0.3, 0.4) is 0 Å². The molecule has 4 aliphatic rings. The Hall–Kier alpha value is -7.64. The molecule has 7 aromatic rings. The molecule has 4 fully saturated rings. The van der Waals surface area contributed by atoms with Crippen LogP contribution in [-0.2, 0) is 13.0 Å². The highest BCUT2D eigenvalue weighted by atomic mass is 19.4. The number of hydrogen-bond donors (Lipinski definition) is 5. The fourth-order valence-corrected chi connectivity index (χ4v) is 10.3. The van der Waals surface area contributed by atoms with Crippen molar-refractivity contribution in [1.82, 2.24) is 55.0 Å². The second-order valence-corrected chi connectivity index (χ2v) is 19.9. The van der Waals surface area contributed by atoms with Crippen LogP contribution in [0.4, 0.5) is 23.4 Å². The Morgan fingerprint density at radius 3 is 2.22 bits per heavy atom. The van der Waals surface area contributed by atoms with Crippen molar-refractivity contribution < 1.29 is 42.4 Å². The zero-order chi connectivity index (χ0) is 54.5. The number of aromatic nitrogens is 6. The molecular weight excluding hydrogens is 997 g/mol. The molecule has 7 heterocycles. The van der Waals surface area contributed by atoms with Crippen LogP contribution in [0.5, 0.6) is 23.3 Å². The molecule has 3 aromatic heterocycles. The second-order valence-electron chi connectivity index (χ2n) is 19.9. The molecule has 2 bridgehead atoms. The fraction of sp³-hybridized carbons (Fsp3) is 0.393. The highest BCUT2D eigenvalue weighted by molar-refractivity contribution is 6.03. The maximum absolute atomic E-state index is 16.1. The minimum atomic E-state index is -4.60. The lowest BCUT2D eigenvalue weighted by Gasteiger charge is -2.34. The van der Waals surface area contributed by atoms with Crippen molar-refractivity contribution >= 4 is 33.4 Å². The smallest absolute Gasteiger partial charge is 0.405 e. The molecule has 0 spiro atoms. The predicted octanol–water partition coefficient (Wildman–Crippen LogP) is 7.28. The van der Waals surface area contributed by atoms with Gasteiger partial charge in [-0.2, -0.15) is 23.1 Å². The molecule has 77 heavy (non-hydrogen) atoms. The second kappa shape index (κ2) is 23.3. The van der Waals surface area contributed by atoms with E-state index in [2.05, 4.69) is 70.1 Å². The van der Waals surface area contributed by atoms with Gasteiger partial charge in [-0.05, 0) is 112 Å². The number of ether oxygens (including phenoxy) is 1. The van der Waals surface area contributed by atoms with Gasteiger partial charge in [0.15, 0.2) is 11.6 Å². The maximum Gasteiger partial charge on any atom is 0.405 e. The van der Waals surface area contributed by atoms with Gasteiger partial charge in [0.2, 0.25) is 5.82 Å². The summed E-state index contributed by atoms with van der Waals surface area (Å²) in [6, 6.07) is 19.2. The molecule has 17 nitrogen and oxygen atoms in total. The number of amides is 1. The van der Waals surface area contributed by atoms with Crippen LogP contribution in [0, 0.1) is 18.2 Å². The van der Waals surface area contributed by atoms with Crippen molar-refractivity contribution in [3.63, 3.8) is 0 Å². The molecule has 11 rings (SSSR count). The number of halogens is 4. The van der Waals surface area contributed by atoms with Crippen LogP contribution in [0.1, 0.15) is 59.9 Å². The number of fused-ring (bicyclic) bond motifs is 4. The molecule has 0 saturated carbocycles. The number of nitrogens with one attached hydrogen (secondary N) is 2. The Morgan fingerprint density at radius 1 is 0.883 bits per heavy atom. The number of piperazine rings is 2. The lowest BCUT2D eigenvalue weighted by Crippen LogP contribution is -2.51. The minimum absolute atomic E-state index is 0.00443. The topological polar surface area (TPSA) is 193 Å². The van der Waals surface area contributed by atoms with Gasteiger partial charge in [-0.3, -0.25) is 19.2 Å². The quantitative estimate of drug-likeness (QED) is 0.0678. The fourth-order valence-electron chi connectivity index (χ4n) is 10.3. The number of aryl methyl sites for hydroxylation is 1. The summed E-state index contributed by atoms with van der Waals surface area (Å²) in [4.78, 5) is 35.2. The Morgan fingerprint density at radius 2 is 1.58 bits per heavy atom. The van der Waals surface area contributed by atoms with Crippen LogP contribution >= 0.6 is 0 Å². The Kier molecular flexibility index (Phi) is 16.4. The van der Waals surface area contributed by atoms with Gasteiger partial charge in [0, 0.05) is 92.4 Å². The van der Waals surface area contributed by atoms with Gasteiger partial charge >= 0.3 is 12.2 Å². The van der Waals surface area contributed by atoms with Crippen molar-refractivity contribution in [3.8, 4) is 63.9 Å². The van der Waals surface area contributed by atoms with Crippen molar-refractivity contribution in [2.75, 3.05) is 85.0 Å². The van der Waals surface area contributed by atoms with Crippen molar-refractivity contribution in [3.05, 3.63) is 101 Å². The van der Waals surface area contributed by atoms with E-state index in [-0.39, 0.29) is 51.7 Å². The molecule has 4 aliphatic heterocycles. The lowest BCUT2D eigenvalue weighted by molar-refractivity contribution is -0.123. The number of likely N-dealkylation sites (N-methyl/N-ethyl adjacent to an activating group) is 1. The number of hydrogen-bond acceptors (Lipinski definition) is 15. The van der Waals surface area contributed by atoms with Gasteiger partial charge in [0.25, 0.3) is 5.91 Å². The Labute approximate surface area is 443 Å². The number of benzene rings is 4. The average molecular weight is 1060 g/mol. The van der Waals surface area contributed by atoms with Crippen LogP contribution in [0.15, 0.2) is 72.9 Å². The van der Waals surface area contributed by atoms with Crippen molar-refractivity contribution in [2.45, 2.75) is 63.8 Å². The number of carbonyl (C=O) groups is 1. The lowest BCUT2D eigenvalue weighted by atomic mass is 9.96. The van der Waals surface area contributed by atoms with Crippen LogP contribution in [0.2, 0.25) is 0 Å². The number of terminal acetylenes is 1. The number of pyridine rings is 1. The molecule has 1 amide bonds. The summed E-state index contributed by atoms with van der Waals surface area (Å²) in [5.74, 6) is 0.857. The first-order valence-corrected chi connectivity index (χ1v) is 25.7. The summed E-state index contributed by atoms with van der Waals surface area (Å²) in [7, 11) is 5.72. The number of phenolic OH excluding ortho intramolecular Hbond substituents is 3. The standard InChI is InChI=1S/C26H22FN5O2.C25H29F3N6O3.C5H11N/c1-3-14-5-4-6-15-9-18(33)10-19(21(14)15)23-22(27)24-20(11-28-23)25(31-26(30-24)34-2)32-12-16-7-8-17(13-32)29-16;1-3-17-12-19(21(36)13-20(17)35)22-30-31-23(24(37)29-15-25(26,27)28)34(22)18-6-4-16(5-7-18)14-33-10-8-32(2)9-11-33;1-6-4-2-3-5-6/h1,4-6,9-11,16-17,29,33H,7-8,12-13H2,2H3;4-7,12-13,35-36H,3,8-11,14-15H2,1-2H3,(H,29,37);2-5H2,1H3. The van der Waals surface area contributed by atoms with Crippen LogP contribution < -0.4 is 20.3 Å². The average Bonchev–Trinajstić information content (AvgIpc) is 4.18. The van der Waals surface area contributed by atoms with Gasteiger partial charge in [-0.25, -0.2) is 4.39 Å². The summed E-state index contributed by atoms with van der Waals surface area (Å²) >= 11 is 0. The van der Waals surface area contributed by atoms with Gasteiger partial charge < -0.3 is 45.4 Å². The van der Waals surface area contributed by atoms with Crippen LogP contribution in [0.25, 0.3) is 50.0 Å². The third kappa shape index (κ3) is 12.3. The SMILES string of the molecule is C#Cc1cccc2cc(O)cc(-c3ncc4c(N5CC6CCC(C5)N6)nc(OC)nc4c3F)c12.CCc1cc(-c2nnc(C(=O)NCC(F)(F)F)n2-c2ccc(CN3CCN(C)CC3)cc2)c(O)cc1O.CN1CCCC1. The summed E-state index contributed by atoms with van der Waals surface area (Å²) < 4.78 is 61.0. The van der Waals surface area contributed by atoms with Crippen molar-refractivity contribution in [1.29, 1.82) is 0 Å². The first kappa shape index (κ1) is 54.2. The summed E-state index contributed by atoms with van der Waals surface area (Å²) in [5.41, 5.74) is 3.34. The molecule has 0 radical (unpaired) electrons. The number of methoxy groups -OCH3 is 1. The number of rotatable bonds is 10. The van der Waals surface area contributed by atoms with E-state index < -0.39 is 24.4 Å². The maximum atomic E-state index is 16.1. The van der Waals surface area contributed by atoms with E-state index in [4.69, 9.17) is 11.2 Å². The largest absolute Gasteiger partial charge is 0.508 e. The van der Waals surface area contributed by atoms with E-state index in [9.17, 15) is 33.3 Å². The Balaban J connectivity index is 0.000000169. The van der Waals surface area contributed by atoms with E-state index in [1.54, 1.807) is 36.5 Å². The molecule has 4 aromatic carbocycles. The van der Waals surface area contributed by atoms with E-state index in [1.165, 1.54) is 49.7 Å². The third-order valence-corrected chi connectivity index (χ3v) is 14.4. The molecule has 404 valence electrons. The summed E-state index contributed by atoms with van der Waals surface area (Å²) in [5, 5.41) is 46.1. The highest BCUT2D eigenvalue weighted by Gasteiger charge is 2.35. The summed E-state index contributed by atoms with van der Waals surface area (Å²) in [6.07, 6.45) is 8.22. The monoisotopic (exact) mass is 1060 g/mol. The molecule has 0 aliphatic carbocycles. The van der Waals surface area contributed by atoms with Gasteiger partial charge in [-0.1, -0.05) is 37.1 Å². The number of phenols is 3. The number of anilines is 1. The van der Waals surface area contributed by atoms with E-state index in [1.807, 2.05) is 30.4 Å². The first-order valence-electron chi connectivity index (χ1n) is 25.7. The third-order valence-electron chi connectivity index (χ3n) is 14.4. The highest BCUT2D eigenvalue weighted by Crippen LogP contribution is 2.40. The number of carbonyl (C=O) groups excluding carboxylic acids is 1. The van der Waals surface area contributed by atoms with Gasteiger partial charge in [0.1, 0.15) is 40.8 Å². The van der Waals surface area contributed by atoms with Crippen LogP contribution in [-0.4, -0.2) is 164 Å². The van der Waals surface area contributed by atoms with Crippen molar-refractivity contribution in [2.24, 2.45) is 0 Å². The number of aromatic hydroxyl groups is 3. The molecule has 21 heteroatoms. The molecular formula is C56H62F4N12O5. The zero-order valence-corrected chi connectivity index (χ0v) is 43.4.